The van der Waals surface area contributed by atoms with E-state index in [0.717, 1.165) is 5.56 Å². The third-order valence-corrected chi connectivity index (χ3v) is 7.39. The van der Waals surface area contributed by atoms with E-state index in [4.69, 9.17) is 9.47 Å². The smallest absolute Gasteiger partial charge is 0.343 e. The van der Waals surface area contributed by atoms with E-state index in [2.05, 4.69) is 10.2 Å². The van der Waals surface area contributed by atoms with Crippen LogP contribution in [0.25, 0.3) is 16.7 Å². The Morgan fingerprint density at radius 1 is 0.941 bits per heavy atom. The molecule has 0 atom stereocenters. The van der Waals surface area contributed by atoms with E-state index in [0.29, 0.717) is 29.9 Å². The van der Waals surface area contributed by atoms with Crippen LogP contribution in [-0.4, -0.2) is 60.0 Å². The zero-order valence-electron chi connectivity index (χ0n) is 18.4. The Balaban J connectivity index is 1.45. The lowest BCUT2D eigenvalue weighted by atomic mass is 10.2. The summed E-state index contributed by atoms with van der Waals surface area (Å²) in [4.78, 5) is 14.5. The molecule has 9 nitrogen and oxygen atoms in total. The van der Waals surface area contributed by atoms with Crippen LogP contribution in [0.15, 0.2) is 71.6 Å². The van der Waals surface area contributed by atoms with Crippen LogP contribution in [0.3, 0.4) is 0 Å². The molecule has 0 bridgehead atoms. The summed E-state index contributed by atoms with van der Waals surface area (Å²) in [5.74, 6) is -0.418. The van der Waals surface area contributed by atoms with Crippen molar-refractivity contribution in [1.29, 1.82) is 0 Å². The summed E-state index contributed by atoms with van der Waals surface area (Å²) in [6.07, 6.45) is 0. The number of benzene rings is 3. The number of carbonyl (C=O) groups excluding carboxylic acids is 1. The normalized spacial score (nSPS) is 14.9. The Hall–Kier alpha value is -3.60. The number of hydrogen-bond donors (Lipinski definition) is 0. The van der Waals surface area contributed by atoms with Crippen molar-refractivity contribution in [1.82, 2.24) is 19.3 Å². The number of rotatable bonds is 5. The van der Waals surface area contributed by atoms with E-state index in [9.17, 15) is 13.2 Å². The average molecular weight is 479 g/mol. The second-order valence-corrected chi connectivity index (χ2v) is 9.82. The molecule has 5 rings (SSSR count). The summed E-state index contributed by atoms with van der Waals surface area (Å²) >= 11 is 0. The van der Waals surface area contributed by atoms with Crippen LogP contribution in [0.4, 0.5) is 0 Å². The van der Waals surface area contributed by atoms with Crippen molar-refractivity contribution in [3.8, 4) is 11.4 Å². The van der Waals surface area contributed by atoms with Gasteiger partial charge < -0.3 is 9.47 Å². The van der Waals surface area contributed by atoms with Crippen LogP contribution >= 0.6 is 0 Å². The van der Waals surface area contributed by atoms with E-state index in [1.165, 1.54) is 33.4 Å². The predicted molar refractivity (Wildman–Crippen MR) is 125 cm³/mol. The zero-order chi connectivity index (χ0) is 23.7. The van der Waals surface area contributed by atoms with Crippen LogP contribution < -0.4 is 4.74 Å². The van der Waals surface area contributed by atoms with Crippen molar-refractivity contribution in [2.24, 2.45) is 0 Å². The van der Waals surface area contributed by atoms with Gasteiger partial charge in [0.15, 0.2) is 5.75 Å². The fraction of sp³-hybridized carbons (Fsp3) is 0.208. The molecule has 0 spiro atoms. The maximum Gasteiger partial charge on any atom is 0.343 e. The number of esters is 1. The monoisotopic (exact) mass is 478 g/mol. The van der Waals surface area contributed by atoms with Crippen molar-refractivity contribution in [3.05, 3.63) is 77.9 Å². The van der Waals surface area contributed by atoms with Gasteiger partial charge in [-0.05, 0) is 55.0 Å². The third kappa shape index (κ3) is 4.30. The van der Waals surface area contributed by atoms with E-state index in [-0.39, 0.29) is 29.3 Å². The molecule has 1 aliphatic rings. The second-order valence-electron chi connectivity index (χ2n) is 7.88. The molecule has 10 heteroatoms. The van der Waals surface area contributed by atoms with Gasteiger partial charge in [-0.3, -0.25) is 0 Å². The summed E-state index contributed by atoms with van der Waals surface area (Å²) in [5.41, 5.74) is 2.99. The van der Waals surface area contributed by atoms with Gasteiger partial charge in [-0.15, -0.1) is 15.0 Å². The van der Waals surface area contributed by atoms with Gasteiger partial charge in [0.05, 0.1) is 23.7 Å². The van der Waals surface area contributed by atoms with Crippen LogP contribution in [0, 0.1) is 6.92 Å². The van der Waals surface area contributed by atoms with Crippen LogP contribution in [0.5, 0.6) is 5.75 Å². The fourth-order valence-corrected chi connectivity index (χ4v) is 5.17. The number of ether oxygens (including phenoxy) is 2. The Morgan fingerprint density at radius 3 is 2.35 bits per heavy atom. The first-order chi connectivity index (χ1) is 16.4. The van der Waals surface area contributed by atoms with Gasteiger partial charge in [-0.1, -0.05) is 24.3 Å². The van der Waals surface area contributed by atoms with Crippen molar-refractivity contribution in [2.75, 3.05) is 26.3 Å². The van der Waals surface area contributed by atoms with Crippen molar-refractivity contribution in [2.45, 2.75) is 11.8 Å². The highest BCUT2D eigenvalue weighted by Crippen LogP contribution is 2.26. The highest BCUT2D eigenvalue weighted by molar-refractivity contribution is 7.89. The molecule has 1 aromatic heterocycles. The third-order valence-electron chi connectivity index (χ3n) is 5.50. The first kappa shape index (κ1) is 22.2. The molecule has 0 amide bonds. The SMILES string of the molecule is Cc1ccc(OC(=O)c2cccc(S(=O)(=O)N3CCOCC3)c2)c(-n2nc3ccccc3n2)c1. The van der Waals surface area contributed by atoms with E-state index >= 15 is 0 Å². The van der Waals surface area contributed by atoms with E-state index in [1.807, 2.05) is 43.3 Å². The molecule has 4 aromatic rings. The molecule has 0 saturated carbocycles. The lowest BCUT2D eigenvalue weighted by molar-refractivity contribution is 0.0727. The number of aromatic nitrogens is 3. The van der Waals surface area contributed by atoms with Gasteiger partial charge in [-0.2, -0.15) is 4.31 Å². The molecule has 1 aliphatic heterocycles. The summed E-state index contributed by atoms with van der Waals surface area (Å²) in [5, 5.41) is 8.96. The maximum absolute atomic E-state index is 13.0. The van der Waals surface area contributed by atoms with Gasteiger partial charge in [0.1, 0.15) is 16.7 Å². The summed E-state index contributed by atoms with van der Waals surface area (Å²) in [7, 11) is -3.74. The molecule has 1 fully saturated rings. The summed E-state index contributed by atoms with van der Waals surface area (Å²) in [6.45, 7) is 3.14. The molecular formula is C24H22N4O5S. The minimum Gasteiger partial charge on any atom is -0.421 e. The van der Waals surface area contributed by atoms with Crippen molar-refractivity contribution in [3.63, 3.8) is 0 Å². The standard InChI is InChI=1S/C24H22N4O5S/c1-17-9-10-23(22(15-17)28-25-20-7-2-3-8-21(20)26-28)33-24(29)18-5-4-6-19(16-18)34(30,31)27-11-13-32-14-12-27/h2-10,15-16H,11-14H2,1H3. The molecule has 0 unspecified atom stereocenters. The Morgan fingerprint density at radius 2 is 1.65 bits per heavy atom. The predicted octanol–water partition coefficient (Wildman–Crippen LogP) is 2.97. The molecular weight excluding hydrogens is 456 g/mol. The Bertz CT molecular complexity index is 1440. The molecule has 0 radical (unpaired) electrons. The van der Waals surface area contributed by atoms with E-state index < -0.39 is 16.0 Å². The number of sulfonamides is 1. The summed E-state index contributed by atoms with van der Waals surface area (Å²) < 4.78 is 38.2. The number of nitrogens with zero attached hydrogens (tertiary/aromatic N) is 4. The molecule has 3 aromatic carbocycles. The minimum atomic E-state index is -3.74. The van der Waals surface area contributed by atoms with Crippen molar-refractivity contribution >= 4 is 27.0 Å². The van der Waals surface area contributed by atoms with Crippen molar-refractivity contribution < 1.29 is 22.7 Å². The number of carbonyl (C=O) groups is 1. The fourth-order valence-electron chi connectivity index (χ4n) is 3.72. The Kier molecular flexibility index (Phi) is 5.86. The molecule has 0 N–H and O–H groups in total. The maximum atomic E-state index is 13.0. The first-order valence-electron chi connectivity index (χ1n) is 10.7. The van der Waals surface area contributed by atoms with E-state index in [1.54, 1.807) is 6.07 Å². The molecule has 2 heterocycles. The number of hydrogen-bond acceptors (Lipinski definition) is 7. The molecule has 0 aliphatic carbocycles. The number of morpholine rings is 1. The number of aryl methyl sites for hydroxylation is 1. The summed E-state index contributed by atoms with van der Waals surface area (Å²) in [6, 6.07) is 18.6. The van der Waals surface area contributed by atoms with Gasteiger partial charge >= 0.3 is 5.97 Å². The average Bonchev–Trinajstić information content (AvgIpc) is 3.30. The number of fused-ring (bicyclic) bond motifs is 1. The first-order valence-corrected chi connectivity index (χ1v) is 12.2. The van der Waals surface area contributed by atoms with Gasteiger partial charge in [-0.25, -0.2) is 13.2 Å². The lowest BCUT2D eigenvalue weighted by Crippen LogP contribution is -2.40. The van der Waals surface area contributed by atoms with Crippen LogP contribution in [0.2, 0.25) is 0 Å². The highest BCUT2D eigenvalue weighted by atomic mass is 32.2. The van der Waals surface area contributed by atoms with Crippen LogP contribution in [-0.2, 0) is 14.8 Å². The topological polar surface area (TPSA) is 104 Å². The van der Waals surface area contributed by atoms with Crippen LogP contribution in [0.1, 0.15) is 15.9 Å². The highest BCUT2D eigenvalue weighted by Gasteiger charge is 2.27. The zero-order valence-corrected chi connectivity index (χ0v) is 19.2. The van der Waals surface area contributed by atoms with Gasteiger partial charge in [0.25, 0.3) is 0 Å². The molecule has 174 valence electrons. The largest absolute Gasteiger partial charge is 0.421 e. The second kappa shape index (κ2) is 8.98. The molecule has 34 heavy (non-hydrogen) atoms. The molecule has 1 saturated heterocycles. The van der Waals surface area contributed by atoms with Gasteiger partial charge in [0, 0.05) is 13.1 Å². The minimum absolute atomic E-state index is 0.0352. The quantitative estimate of drug-likeness (QED) is 0.321. The Labute approximate surface area is 196 Å². The van der Waals surface area contributed by atoms with Gasteiger partial charge in [0.2, 0.25) is 10.0 Å². The lowest BCUT2D eigenvalue weighted by Gasteiger charge is -2.26.